The van der Waals surface area contributed by atoms with Crippen LogP contribution in [-0.4, -0.2) is 44.1 Å². The number of guanidine groups is 1. The molecule has 6 heteroatoms. The van der Waals surface area contributed by atoms with Gasteiger partial charge < -0.3 is 15.5 Å². The van der Waals surface area contributed by atoms with Crippen LogP contribution in [0.5, 0.6) is 0 Å². The quantitative estimate of drug-likeness (QED) is 0.291. The van der Waals surface area contributed by atoms with Crippen molar-refractivity contribution in [1.29, 1.82) is 0 Å². The molecule has 24 heavy (non-hydrogen) atoms. The van der Waals surface area contributed by atoms with Gasteiger partial charge in [0.2, 0.25) is 0 Å². The third-order valence-electron chi connectivity index (χ3n) is 4.31. The molecule has 1 saturated heterocycles. The minimum Gasteiger partial charge on any atom is -0.356 e. The predicted octanol–water partition coefficient (Wildman–Crippen LogP) is 3.29. The van der Waals surface area contributed by atoms with Crippen molar-refractivity contribution < 1.29 is 4.39 Å². The van der Waals surface area contributed by atoms with Gasteiger partial charge in [0.15, 0.2) is 5.96 Å². The van der Waals surface area contributed by atoms with Crippen molar-refractivity contribution in [3.8, 4) is 0 Å². The summed E-state index contributed by atoms with van der Waals surface area (Å²) >= 11 is 0. The number of halogens is 2. The standard InChI is InChI=1S/C18H29FN4.HI/c1-15-7-8-16(13-17(15)19)14-22-18(20-2)21-9-3-4-10-23-11-5-6-12-23;/h7-8,13H,3-6,9-12,14H2,1-2H3,(H2,20,21,22);1H. The van der Waals surface area contributed by atoms with Gasteiger partial charge in [-0.05, 0) is 69.4 Å². The molecule has 136 valence electrons. The summed E-state index contributed by atoms with van der Waals surface area (Å²) in [5.41, 5.74) is 1.60. The zero-order valence-corrected chi connectivity index (χ0v) is 17.1. The highest BCUT2D eigenvalue weighted by Gasteiger charge is 2.10. The van der Waals surface area contributed by atoms with E-state index in [-0.39, 0.29) is 29.8 Å². The molecule has 1 aliphatic rings. The molecular formula is C18H30FIN4. The molecule has 0 saturated carbocycles. The highest BCUT2D eigenvalue weighted by atomic mass is 127. The Bertz CT molecular complexity index is 516. The van der Waals surface area contributed by atoms with E-state index in [1.165, 1.54) is 38.9 Å². The number of hydrogen-bond donors (Lipinski definition) is 2. The van der Waals surface area contributed by atoms with E-state index < -0.39 is 0 Å². The Morgan fingerprint density at radius 2 is 1.96 bits per heavy atom. The van der Waals surface area contributed by atoms with Gasteiger partial charge in [-0.15, -0.1) is 24.0 Å². The number of likely N-dealkylation sites (tertiary alicyclic amines) is 1. The minimum atomic E-state index is -0.158. The van der Waals surface area contributed by atoms with Crippen molar-refractivity contribution >= 4 is 29.9 Å². The summed E-state index contributed by atoms with van der Waals surface area (Å²) in [6.07, 6.45) is 5.06. The number of rotatable bonds is 7. The molecule has 0 aliphatic carbocycles. The summed E-state index contributed by atoms with van der Waals surface area (Å²) in [6, 6.07) is 5.32. The lowest BCUT2D eigenvalue weighted by molar-refractivity contribution is 0.330. The van der Waals surface area contributed by atoms with E-state index in [1.807, 2.05) is 6.07 Å². The van der Waals surface area contributed by atoms with E-state index in [2.05, 4.69) is 20.5 Å². The lowest BCUT2D eigenvalue weighted by Crippen LogP contribution is -2.37. The van der Waals surface area contributed by atoms with Crippen molar-refractivity contribution in [3.05, 3.63) is 35.1 Å². The molecule has 1 heterocycles. The zero-order chi connectivity index (χ0) is 16.5. The van der Waals surface area contributed by atoms with Gasteiger partial charge in [-0.2, -0.15) is 0 Å². The molecule has 1 fully saturated rings. The third-order valence-corrected chi connectivity index (χ3v) is 4.31. The molecule has 0 spiro atoms. The maximum atomic E-state index is 13.5. The summed E-state index contributed by atoms with van der Waals surface area (Å²) in [7, 11) is 1.76. The lowest BCUT2D eigenvalue weighted by atomic mass is 10.1. The predicted molar refractivity (Wildman–Crippen MR) is 110 cm³/mol. The molecule has 0 amide bonds. The molecule has 1 aromatic rings. The van der Waals surface area contributed by atoms with Crippen LogP contribution in [0.1, 0.15) is 36.8 Å². The highest BCUT2D eigenvalue weighted by molar-refractivity contribution is 14.0. The topological polar surface area (TPSA) is 39.7 Å². The molecular weight excluding hydrogens is 418 g/mol. The van der Waals surface area contributed by atoms with Gasteiger partial charge in [0.25, 0.3) is 0 Å². The average molecular weight is 448 g/mol. The van der Waals surface area contributed by atoms with Crippen molar-refractivity contribution in [1.82, 2.24) is 15.5 Å². The third kappa shape index (κ3) is 7.34. The average Bonchev–Trinajstić information content (AvgIpc) is 3.06. The van der Waals surface area contributed by atoms with E-state index in [1.54, 1.807) is 26.1 Å². The fraction of sp³-hybridized carbons (Fsp3) is 0.611. The Labute approximate surface area is 162 Å². The number of aliphatic imine (C=N–C) groups is 1. The van der Waals surface area contributed by atoms with Crippen LogP contribution in [0.25, 0.3) is 0 Å². The first-order valence-corrected chi connectivity index (χ1v) is 8.61. The molecule has 1 aliphatic heterocycles. The van der Waals surface area contributed by atoms with Crippen LogP contribution >= 0.6 is 24.0 Å². The Balaban J connectivity index is 0.00000288. The molecule has 2 N–H and O–H groups in total. The van der Waals surface area contributed by atoms with Crippen LogP contribution in [0.4, 0.5) is 4.39 Å². The van der Waals surface area contributed by atoms with Crippen LogP contribution in [0.3, 0.4) is 0 Å². The maximum Gasteiger partial charge on any atom is 0.191 e. The monoisotopic (exact) mass is 448 g/mol. The Hall–Kier alpha value is -0.890. The number of nitrogens with zero attached hydrogens (tertiary/aromatic N) is 2. The second kappa shape index (κ2) is 11.6. The van der Waals surface area contributed by atoms with Gasteiger partial charge in [0.05, 0.1) is 0 Å². The van der Waals surface area contributed by atoms with Crippen LogP contribution < -0.4 is 10.6 Å². The van der Waals surface area contributed by atoms with Crippen molar-refractivity contribution in [2.24, 2.45) is 4.99 Å². The van der Waals surface area contributed by atoms with Gasteiger partial charge in [0.1, 0.15) is 5.82 Å². The molecule has 0 atom stereocenters. The summed E-state index contributed by atoms with van der Waals surface area (Å²) in [5, 5.41) is 6.54. The molecule has 0 unspecified atom stereocenters. The summed E-state index contributed by atoms with van der Waals surface area (Å²) < 4.78 is 13.5. The Kier molecular flexibility index (Phi) is 10.2. The summed E-state index contributed by atoms with van der Waals surface area (Å²) in [5.74, 6) is 0.612. The maximum absolute atomic E-state index is 13.5. The smallest absolute Gasteiger partial charge is 0.191 e. The van der Waals surface area contributed by atoms with Crippen LogP contribution in [-0.2, 0) is 6.54 Å². The van der Waals surface area contributed by atoms with Crippen molar-refractivity contribution in [2.45, 2.75) is 39.2 Å². The molecule has 0 radical (unpaired) electrons. The lowest BCUT2D eigenvalue weighted by Gasteiger charge is -2.15. The van der Waals surface area contributed by atoms with Crippen molar-refractivity contribution in [2.75, 3.05) is 33.2 Å². The van der Waals surface area contributed by atoms with Crippen LogP contribution in [0, 0.1) is 12.7 Å². The molecule has 0 aromatic heterocycles. The summed E-state index contributed by atoms with van der Waals surface area (Å²) in [4.78, 5) is 6.75. The minimum absolute atomic E-state index is 0. The fourth-order valence-corrected chi connectivity index (χ4v) is 2.83. The first-order chi connectivity index (χ1) is 11.2. The van der Waals surface area contributed by atoms with E-state index in [9.17, 15) is 4.39 Å². The van der Waals surface area contributed by atoms with Gasteiger partial charge >= 0.3 is 0 Å². The van der Waals surface area contributed by atoms with E-state index in [0.717, 1.165) is 24.5 Å². The van der Waals surface area contributed by atoms with Gasteiger partial charge in [-0.3, -0.25) is 4.99 Å². The molecule has 0 bridgehead atoms. The molecule has 4 nitrogen and oxygen atoms in total. The number of benzene rings is 1. The molecule has 2 rings (SSSR count). The van der Waals surface area contributed by atoms with Gasteiger partial charge in [-0.1, -0.05) is 12.1 Å². The van der Waals surface area contributed by atoms with E-state index >= 15 is 0 Å². The first kappa shape index (κ1) is 21.2. The zero-order valence-electron chi connectivity index (χ0n) is 14.8. The number of hydrogen-bond acceptors (Lipinski definition) is 2. The second-order valence-electron chi connectivity index (χ2n) is 6.19. The Morgan fingerprint density at radius 1 is 1.21 bits per heavy atom. The SMILES string of the molecule is CN=C(NCCCCN1CCCC1)NCc1ccc(C)c(F)c1.I. The van der Waals surface area contributed by atoms with Crippen molar-refractivity contribution in [3.63, 3.8) is 0 Å². The van der Waals surface area contributed by atoms with E-state index in [4.69, 9.17) is 0 Å². The Morgan fingerprint density at radius 3 is 2.62 bits per heavy atom. The normalized spacial score (nSPS) is 15.2. The molecule has 1 aromatic carbocycles. The van der Waals surface area contributed by atoms with E-state index in [0.29, 0.717) is 12.1 Å². The highest BCUT2D eigenvalue weighted by Crippen LogP contribution is 2.09. The van der Waals surface area contributed by atoms with Gasteiger partial charge in [0, 0.05) is 20.1 Å². The van der Waals surface area contributed by atoms with Crippen LogP contribution in [0.2, 0.25) is 0 Å². The van der Waals surface area contributed by atoms with Gasteiger partial charge in [-0.25, -0.2) is 4.39 Å². The second-order valence-corrected chi connectivity index (χ2v) is 6.19. The summed E-state index contributed by atoms with van der Waals surface area (Å²) in [6.45, 7) is 7.00. The fourth-order valence-electron chi connectivity index (χ4n) is 2.83. The number of nitrogens with one attached hydrogen (secondary N) is 2. The largest absolute Gasteiger partial charge is 0.356 e. The number of unbranched alkanes of at least 4 members (excludes halogenated alkanes) is 1. The van der Waals surface area contributed by atoms with Crippen LogP contribution in [0.15, 0.2) is 23.2 Å². The number of aryl methyl sites for hydroxylation is 1. The first-order valence-electron chi connectivity index (χ1n) is 8.61.